The molecule has 0 radical (unpaired) electrons. The largest absolute Gasteiger partial charge is 0.480 e. The maximum atomic E-state index is 10.8. The second-order valence-corrected chi connectivity index (χ2v) is 3.09. The van der Waals surface area contributed by atoms with E-state index in [4.69, 9.17) is 10.9 Å². The van der Waals surface area contributed by atoms with Crippen molar-refractivity contribution in [1.82, 2.24) is 5.43 Å². The van der Waals surface area contributed by atoms with Gasteiger partial charge in [-0.1, -0.05) is 19.3 Å². The molecule has 1 rings (SSSR count). The molecule has 0 atom stereocenters. The highest BCUT2D eigenvalue weighted by molar-refractivity contribution is 5.85. The van der Waals surface area contributed by atoms with Crippen LogP contribution in [-0.2, 0) is 4.79 Å². The van der Waals surface area contributed by atoms with Crippen LogP contribution in [-0.4, -0.2) is 16.6 Å². The van der Waals surface area contributed by atoms with Crippen LogP contribution in [0.1, 0.15) is 32.1 Å². The molecule has 0 saturated heterocycles. The van der Waals surface area contributed by atoms with E-state index < -0.39 is 11.5 Å². The lowest BCUT2D eigenvalue weighted by molar-refractivity contribution is -0.146. The molecule has 0 aromatic carbocycles. The number of aliphatic carboxylic acids is 1. The number of carboxylic acid groups (broad SMARTS) is 1. The van der Waals surface area contributed by atoms with Gasteiger partial charge in [-0.15, -0.1) is 24.8 Å². The van der Waals surface area contributed by atoms with E-state index in [9.17, 15) is 4.79 Å². The topological polar surface area (TPSA) is 75.3 Å². The normalized spacial score (nSPS) is 19.5. The van der Waals surface area contributed by atoms with Crippen LogP contribution in [0, 0.1) is 0 Å². The number of carboxylic acids is 1. The molecular formula is C7H16Cl2N2O2. The van der Waals surface area contributed by atoms with E-state index >= 15 is 0 Å². The number of hydrogen-bond donors (Lipinski definition) is 3. The van der Waals surface area contributed by atoms with Gasteiger partial charge in [-0.2, -0.15) is 0 Å². The van der Waals surface area contributed by atoms with Gasteiger partial charge in [0, 0.05) is 0 Å². The lowest BCUT2D eigenvalue weighted by Crippen LogP contribution is -2.56. The fourth-order valence-electron chi connectivity index (χ4n) is 1.58. The molecule has 80 valence electrons. The first-order chi connectivity index (χ1) is 5.21. The van der Waals surface area contributed by atoms with E-state index in [-0.39, 0.29) is 24.8 Å². The van der Waals surface area contributed by atoms with Crippen molar-refractivity contribution in [2.45, 2.75) is 37.6 Å². The van der Waals surface area contributed by atoms with Gasteiger partial charge in [-0.3, -0.25) is 10.6 Å². The quantitative estimate of drug-likeness (QED) is 0.491. The molecule has 6 heteroatoms. The van der Waals surface area contributed by atoms with Crippen molar-refractivity contribution in [1.29, 1.82) is 0 Å². The average Bonchev–Trinajstić information content (AvgIpc) is 2.05. The van der Waals surface area contributed by atoms with E-state index in [1.165, 1.54) is 0 Å². The highest BCUT2D eigenvalue weighted by Gasteiger charge is 2.38. The van der Waals surface area contributed by atoms with Crippen molar-refractivity contribution in [2.24, 2.45) is 5.84 Å². The van der Waals surface area contributed by atoms with E-state index in [1.54, 1.807) is 0 Å². The highest BCUT2D eigenvalue weighted by Crippen LogP contribution is 2.27. The van der Waals surface area contributed by atoms with Crippen LogP contribution in [0.2, 0.25) is 0 Å². The Morgan fingerprint density at radius 2 is 1.69 bits per heavy atom. The van der Waals surface area contributed by atoms with E-state index in [0.717, 1.165) is 19.3 Å². The standard InChI is InChI=1S/C7H14N2O2.2ClH/c8-9-7(6(10)11)4-2-1-3-5-7;;/h9H,1-5,8H2,(H,10,11);2*1H. The smallest absolute Gasteiger partial charge is 0.325 e. The maximum absolute atomic E-state index is 10.8. The van der Waals surface area contributed by atoms with Gasteiger partial charge in [0.15, 0.2) is 0 Å². The van der Waals surface area contributed by atoms with Crippen LogP contribution in [0.25, 0.3) is 0 Å². The third-order valence-corrected chi connectivity index (χ3v) is 2.39. The first-order valence-electron chi connectivity index (χ1n) is 3.92. The summed E-state index contributed by atoms with van der Waals surface area (Å²) in [5, 5.41) is 8.85. The highest BCUT2D eigenvalue weighted by atomic mass is 35.5. The summed E-state index contributed by atoms with van der Waals surface area (Å²) < 4.78 is 0. The lowest BCUT2D eigenvalue weighted by Gasteiger charge is -2.31. The van der Waals surface area contributed by atoms with Crippen molar-refractivity contribution in [3.8, 4) is 0 Å². The minimum atomic E-state index is -0.835. The van der Waals surface area contributed by atoms with Crippen LogP contribution < -0.4 is 11.3 Å². The van der Waals surface area contributed by atoms with E-state index in [2.05, 4.69) is 5.43 Å². The van der Waals surface area contributed by atoms with Crippen molar-refractivity contribution in [3.63, 3.8) is 0 Å². The summed E-state index contributed by atoms with van der Waals surface area (Å²) >= 11 is 0. The molecule has 1 aliphatic carbocycles. The van der Waals surface area contributed by atoms with Crippen molar-refractivity contribution in [3.05, 3.63) is 0 Å². The van der Waals surface area contributed by atoms with Crippen LogP contribution in [0.15, 0.2) is 0 Å². The number of hydrazine groups is 1. The zero-order valence-electron chi connectivity index (χ0n) is 7.28. The average molecular weight is 231 g/mol. The zero-order chi connectivity index (χ0) is 8.32. The molecule has 4 N–H and O–H groups in total. The molecule has 0 spiro atoms. The maximum Gasteiger partial charge on any atom is 0.325 e. The van der Waals surface area contributed by atoms with Crippen LogP contribution >= 0.6 is 24.8 Å². The van der Waals surface area contributed by atoms with Crippen LogP contribution in [0.4, 0.5) is 0 Å². The van der Waals surface area contributed by atoms with Gasteiger partial charge in [0.2, 0.25) is 0 Å². The number of hydrogen-bond acceptors (Lipinski definition) is 3. The summed E-state index contributed by atoms with van der Waals surface area (Å²) in [4.78, 5) is 10.8. The molecule has 0 bridgehead atoms. The number of halogens is 2. The monoisotopic (exact) mass is 230 g/mol. The Hall–Kier alpha value is -0.0300. The predicted molar refractivity (Wildman–Crippen MR) is 55.3 cm³/mol. The van der Waals surface area contributed by atoms with Gasteiger partial charge >= 0.3 is 5.97 Å². The molecule has 4 nitrogen and oxygen atoms in total. The summed E-state index contributed by atoms with van der Waals surface area (Å²) in [5.41, 5.74) is 1.58. The van der Waals surface area contributed by atoms with Gasteiger partial charge in [-0.05, 0) is 12.8 Å². The van der Waals surface area contributed by atoms with Crippen LogP contribution in [0.5, 0.6) is 0 Å². The summed E-state index contributed by atoms with van der Waals surface area (Å²) in [7, 11) is 0. The Labute approximate surface area is 90.0 Å². The minimum Gasteiger partial charge on any atom is -0.480 e. The fraction of sp³-hybridized carbons (Fsp3) is 0.857. The fourth-order valence-corrected chi connectivity index (χ4v) is 1.58. The van der Waals surface area contributed by atoms with Crippen LogP contribution in [0.3, 0.4) is 0 Å². The van der Waals surface area contributed by atoms with E-state index in [0.29, 0.717) is 12.8 Å². The Balaban J connectivity index is 0. The Kier molecular flexibility index (Phi) is 7.64. The molecule has 1 aliphatic rings. The molecule has 0 unspecified atom stereocenters. The van der Waals surface area contributed by atoms with Crippen molar-refractivity contribution >= 4 is 30.8 Å². The second kappa shape index (κ2) is 6.43. The van der Waals surface area contributed by atoms with Crippen molar-refractivity contribution < 1.29 is 9.90 Å². The van der Waals surface area contributed by atoms with Crippen molar-refractivity contribution in [2.75, 3.05) is 0 Å². The molecule has 0 aromatic heterocycles. The molecule has 0 aliphatic heterocycles. The molecule has 1 saturated carbocycles. The Bertz CT molecular complexity index is 161. The Morgan fingerprint density at radius 1 is 1.23 bits per heavy atom. The van der Waals surface area contributed by atoms with E-state index in [1.807, 2.05) is 0 Å². The first-order valence-corrected chi connectivity index (χ1v) is 3.92. The molecule has 1 fully saturated rings. The van der Waals surface area contributed by atoms with Gasteiger partial charge in [-0.25, -0.2) is 5.43 Å². The third kappa shape index (κ3) is 3.31. The van der Waals surface area contributed by atoms with Gasteiger partial charge < -0.3 is 5.11 Å². The molecule has 13 heavy (non-hydrogen) atoms. The summed E-state index contributed by atoms with van der Waals surface area (Å²) in [6.07, 6.45) is 4.33. The molecule has 0 aromatic rings. The Morgan fingerprint density at radius 3 is 1.92 bits per heavy atom. The number of rotatable bonds is 2. The molecule has 0 heterocycles. The second-order valence-electron chi connectivity index (χ2n) is 3.09. The summed E-state index contributed by atoms with van der Waals surface area (Å²) in [6.45, 7) is 0. The number of carbonyl (C=O) groups is 1. The van der Waals surface area contributed by atoms with Gasteiger partial charge in [0.05, 0.1) is 0 Å². The summed E-state index contributed by atoms with van der Waals surface area (Å²) in [6, 6.07) is 0. The predicted octanol–water partition coefficient (Wildman–Crippen LogP) is 1.08. The first kappa shape index (κ1) is 15.4. The molecule has 0 amide bonds. The summed E-state index contributed by atoms with van der Waals surface area (Å²) in [5.74, 6) is 4.39. The number of nitrogens with one attached hydrogen (secondary N) is 1. The lowest BCUT2D eigenvalue weighted by atomic mass is 9.82. The number of nitrogens with two attached hydrogens (primary N) is 1. The minimum absolute atomic E-state index is 0. The SMILES string of the molecule is Cl.Cl.NNC1(C(=O)O)CCCCC1. The zero-order valence-corrected chi connectivity index (χ0v) is 8.92. The molecular weight excluding hydrogens is 215 g/mol. The van der Waals surface area contributed by atoms with Gasteiger partial charge in [0.1, 0.15) is 5.54 Å². The third-order valence-electron chi connectivity index (χ3n) is 2.39. The van der Waals surface area contributed by atoms with Gasteiger partial charge in [0.25, 0.3) is 0 Å².